The third-order valence-electron chi connectivity index (χ3n) is 1.75. The number of hydrogen-bond donors (Lipinski definition) is 0. The first kappa shape index (κ1) is 12.2. The molecule has 1 rings (SSSR count). The summed E-state index contributed by atoms with van der Waals surface area (Å²) in [5.74, 6) is 2.68. The van der Waals surface area contributed by atoms with Crippen LogP contribution in [0.5, 0.6) is 5.75 Å². The standard InChI is InChI=1S/C11H12ClNOS/c1-2-15-6-5-14-11-4-3-9(8-13)7-10(11)12/h3-4,7H,2,5-6H2,1H3. The summed E-state index contributed by atoms with van der Waals surface area (Å²) < 4.78 is 5.48. The van der Waals surface area contributed by atoms with E-state index >= 15 is 0 Å². The van der Waals surface area contributed by atoms with Crippen molar-refractivity contribution in [2.24, 2.45) is 0 Å². The van der Waals surface area contributed by atoms with Gasteiger partial charge in [0.25, 0.3) is 0 Å². The normalized spacial score (nSPS) is 9.67. The molecule has 0 heterocycles. The van der Waals surface area contributed by atoms with Gasteiger partial charge in [-0.15, -0.1) is 0 Å². The summed E-state index contributed by atoms with van der Waals surface area (Å²) in [5.41, 5.74) is 0.551. The molecule has 1 aromatic carbocycles. The molecule has 0 atom stereocenters. The molecule has 0 spiro atoms. The summed E-state index contributed by atoms with van der Waals surface area (Å²) in [5, 5.41) is 9.14. The first-order valence-corrected chi connectivity index (χ1v) is 6.21. The minimum Gasteiger partial charge on any atom is -0.491 e. The summed E-state index contributed by atoms with van der Waals surface area (Å²) in [6, 6.07) is 7.08. The summed E-state index contributed by atoms with van der Waals surface area (Å²) in [4.78, 5) is 0. The largest absolute Gasteiger partial charge is 0.491 e. The van der Waals surface area contributed by atoms with Crippen LogP contribution in [0.2, 0.25) is 5.02 Å². The summed E-state index contributed by atoms with van der Waals surface area (Å²) in [7, 11) is 0. The van der Waals surface area contributed by atoms with Gasteiger partial charge in [-0.05, 0) is 24.0 Å². The first-order valence-electron chi connectivity index (χ1n) is 4.68. The number of nitriles is 1. The summed E-state index contributed by atoms with van der Waals surface area (Å²) >= 11 is 7.76. The molecule has 0 bridgehead atoms. The van der Waals surface area contributed by atoms with Crippen LogP contribution >= 0.6 is 23.4 Å². The second-order valence-electron chi connectivity index (χ2n) is 2.80. The van der Waals surface area contributed by atoms with Gasteiger partial charge in [-0.3, -0.25) is 0 Å². The van der Waals surface area contributed by atoms with E-state index in [2.05, 4.69) is 6.92 Å². The Labute approximate surface area is 99.2 Å². The SMILES string of the molecule is CCSCCOc1ccc(C#N)cc1Cl. The highest BCUT2D eigenvalue weighted by Gasteiger charge is 2.02. The van der Waals surface area contributed by atoms with E-state index in [9.17, 15) is 0 Å². The lowest BCUT2D eigenvalue weighted by Gasteiger charge is -2.07. The van der Waals surface area contributed by atoms with E-state index in [-0.39, 0.29) is 0 Å². The van der Waals surface area contributed by atoms with E-state index in [1.54, 1.807) is 18.2 Å². The number of nitrogens with zero attached hydrogens (tertiary/aromatic N) is 1. The Kier molecular flexibility index (Phi) is 5.38. The molecule has 0 aliphatic heterocycles. The Morgan fingerprint density at radius 2 is 2.33 bits per heavy atom. The van der Waals surface area contributed by atoms with Crippen LogP contribution < -0.4 is 4.74 Å². The molecule has 0 N–H and O–H groups in total. The van der Waals surface area contributed by atoms with Gasteiger partial charge in [-0.25, -0.2) is 0 Å². The van der Waals surface area contributed by atoms with Crippen molar-refractivity contribution in [2.45, 2.75) is 6.92 Å². The van der Waals surface area contributed by atoms with Crippen molar-refractivity contribution < 1.29 is 4.74 Å². The highest BCUT2D eigenvalue weighted by Crippen LogP contribution is 2.25. The molecule has 0 aromatic heterocycles. The lowest BCUT2D eigenvalue weighted by Crippen LogP contribution is -2.00. The Hall–Kier alpha value is -0.850. The van der Waals surface area contributed by atoms with Crippen LogP contribution in [-0.2, 0) is 0 Å². The molecule has 0 amide bonds. The molecule has 0 aliphatic rings. The van der Waals surface area contributed by atoms with Crippen LogP contribution in [0.3, 0.4) is 0 Å². The fourth-order valence-corrected chi connectivity index (χ4v) is 1.77. The van der Waals surface area contributed by atoms with Crippen molar-refractivity contribution in [2.75, 3.05) is 18.1 Å². The number of thioether (sulfide) groups is 1. The molecule has 0 fully saturated rings. The van der Waals surface area contributed by atoms with Gasteiger partial charge in [-0.2, -0.15) is 17.0 Å². The van der Waals surface area contributed by atoms with Gasteiger partial charge in [0, 0.05) is 5.75 Å². The molecular formula is C11H12ClNOS. The van der Waals surface area contributed by atoms with Crippen molar-refractivity contribution in [1.82, 2.24) is 0 Å². The minimum absolute atomic E-state index is 0.496. The Bertz CT molecular complexity index is 362. The molecule has 0 saturated heterocycles. The van der Waals surface area contributed by atoms with Gasteiger partial charge in [-0.1, -0.05) is 18.5 Å². The van der Waals surface area contributed by atoms with Crippen LogP contribution in [0.15, 0.2) is 18.2 Å². The Morgan fingerprint density at radius 3 is 2.93 bits per heavy atom. The topological polar surface area (TPSA) is 33.0 Å². The number of rotatable bonds is 5. The van der Waals surface area contributed by atoms with E-state index in [1.165, 1.54) is 0 Å². The van der Waals surface area contributed by atoms with E-state index in [0.29, 0.717) is 22.9 Å². The van der Waals surface area contributed by atoms with Gasteiger partial charge in [0.05, 0.1) is 23.3 Å². The molecule has 15 heavy (non-hydrogen) atoms. The zero-order valence-corrected chi connectivity index (χ0v) is 10.1. The predicted octanol–water partition coefficient (Wildman–Crippen LogP) is 3.34. The monoisotopic (exact) mass is 241 g/mol. The fraction of sp³-hybridized carbons (Fsp3) is 0.364. The highest BCUT2D eigenvalue weighted by molar-refractivity contribution is 7.99. The van der Waals surface area contributed by atoms with Crippen molar-refractivity contribution in [3.8, 4) is 11.8 Å². The third-order valence-corrected chi connectivity index (χ3v) is 2.91. The lowest BCUT2D eigenvalue weighted by atomic mass is 10.2. The Balaban J connectivity index is 2.52. The number of ether oxygens (including phenoxy) is 1. The van der Waals surface area contributed by atoms with Crippen LogP contribution in [0.1, 0.15) is 12.5 Å². The second kappa shape index (κ2) is 6.60. The summed E-state index contributed by atoms with van der Waals surface area (Å²) in [6.45, 7) is 2.75. The lowest BCUT2D eigenvalue weighted by molar-refractivity contribution is 0.344. The van der Waals surface area contributed by atoms with E-state index < -0.39 is 0 Å². The minimum atomic E-state index is 0.496. The first-order chi connectivity index (χ1) is 7.27. The molecule has 1 aromatic rings. The van der Waals surface area contributed by atoms with Gasteiger partial charge in [0.1, 0.15) is 5.75 Å². The average Bonchev–Trinajstić information content (AvgIpc) is 2.26. The van der Waals surface area contributed by atoms with Crippen molar-refractivity contribution in [3.05, 3.63) is 28.8 Å². The molecule has 0 aliphatic carbocycles. The van der Waals surface area contributed by atoms with Gasteiger partial charge < -0.3 is 4.74 Å². The molecule has 0 saturated carbocycles. The van der Waals surface area contributed by atoms with E-state index in [1.807, 2.05) is 17.8 Å². The molecule has 0 unspecified atom stereocenters. The van der Waals surface area contributed by atoms with Crippen LogP contribution in [0.25, 0.3) is 0 Å². The molecule has 0 radical (unpaired) electrons. The maximum Gasteiger partial charge on any atom is 0.138 e. The quantitative estimate of drug-likeness (QED) is 0.742. The smallest absolute Gasteiger partial charge is 0.138 e. The highest BCUT2D eigenvalue weighted by atomic mass is 35.5. The third kappa shape index (κ3) is 4.03. The van der Waals surface area contributed by atoms with Crippen LogP contribution in [0.4, 0.5) is 0 Å². The Morgan fingerprint density at radius 1 is 1.53 bits per heavy atom. The van der Waals surface area contributed by atoms with Crippen molar-refractivity contribution in [3.63, 3.8) is 0 Å². The van der Waals surface area contributed by atoms with Crippen molar-refractivity contribution >= 4 is 23.4 Å². The van der Waals surface area contributed by atoms with E-state index in [0.717, 1.165) is 11.5 Å². The molecule has 2 nitrogen and oxygen atoms in total. The van der Waals surface area contributed by atoms with Crippen LogP contribution in [0, 0.1) is 11.3 Å². The molecule has 4 heteroatoms. The number of hydrogen-bond acceptors (Lipinski definition) is 3. The van der Waals surface area contributed by atoms with E-state index in [4.69, 9.17) is 21.6 Å². The second-order valence-corrected chi connectivity index (χ2v) is 4.60. The summed E-state index contributed by atoms with van der Waals surface area (Å²) in [6.07, 6.45) is 0. The number of halogens is 1. The van der Waals surface area contributed by atoms with Gasteiger partial charge >= 0.3 is 0 Å². The fourth-order valence-electron chi connectivity index (χ4n) is 1.04. The maximum absolute atomic E-state index is 8.65. The number of benzene rings is 1. The van der Waals surface area contributed by atoms with Crippen LogP contribution in [-0.4, -0.2) is 18.1 Å². The van der Waals surface area contributed by atoms with Gasteiger partial charge in [0.15, 0.2) is 0 Å². The van der Waals surface area contributed by atoms with Gasteiger partial charge in [0.2, 0.25) is 0 Å². The molecular weight excluding hydrogens is 230 g/mol. The molecule has 80 valence electrons. The van der Waals surface area contributed by atoms with Crippen molar-refractivity contribution in [1.29, 1.82) is 5.26 Å². The predicted molar refractivity (Wildman–Crippen MR) is 64.7 cm³/mol. The average molecular weight is 242 g/mol. The zero-order valence-electron chi connectivity index (χ0n) is 8.50. The maximum atomic E-state index is 8.65. The zero-order chi connectivity index (χ0) is 11.1.